The van der Waals surface area contributed by atoms with Crippen molar-refractivity contribution < 1.29 is 28.2 Å². The highest BCUT2D eigenvalue weighted by molar-refractivity contribution is 6.31. The van der Waals surface area contributed by atoms with Gasteiger partial charge in [0, 0.05) is 22.4 Å². The molecule has 1 fully saturated rings. The Balaban J connectivity index is 1.95. The summed E-state index contributed by atoms with van der Waals surface area (Å²) >= 11 is 12.3. The third-order valence-corrected chi connectivity index (χ3v) is 8.38. The van der Waals surface area contributed by atoms with Crippen LogP contribution in [0.4, 0.5) is 14.5 Å². The smallest absolute Gasteiger partial charge is 0.335 e. The monoisotopic (exact) mass is 614 g/mol. The van der Waals surface area contributed by atoms with E-state index < -0.39 is 46.7 Å². The number of methoxy groups -OCH3 is 1. The van der Waals surface area contributed by atoms with E-state index in [1.54, 1.807) is 0 Å². The number of anilines is 1. The van der Waals surface area contributed by atoms with Gasteiger partial charge in [0.1, 0.15) is 17.4 Å². The normalized spacial score (nSPS) is 21.9. The van der Waals surface area contributed by atoms with E-state index in [-0.39, 0.29) is 50.0 Å². The number of nitriles is 1. The summed E-state index contributed by atoms with van der Waals surface area (Å²) < 4.78 is 36.9. The maximum atomic E-state index is 15.8. The Morgan fingerprint density at radius 2 is 1.86 bits per heavy atom. The summed E-state index contributed by atoms with van der Waals surface area (Å²) in [5.74, 6) is -5.89. The van der Waals surface area contributed by atoms with Gasteiger partial charge in [-0.15, -0.1) is 0 Å². The zero-order valence-corrected chi connectivity index (χ0v) is 25.0. The van der Waals surface area contributed by atoms with Gasteiger partial charge in [0.05, 0.1) is 34.9 Å². The van der Waals surface area contributed by atoms with Gasteiger partial charge in [-0.2, -0.15) is 5.26 Å². The van der Waals surface area contributed by atoms with E-state index in [1.807, 2.05) is 20.8 Å². The first-order chi connectivity index (χ1) is 19.7. The standard InChI is InChI=1S/C32H30Cl2F2N2O4/c1-31(2,3)15-18-13-21(29(39)38-25-11-8-17(30(40)41)12-26(25)42-4)27(20-6-5-7-23(34)28(20)36)32(18,16-37)22-10-9-19(33)14-24(22)35/h5-12,14,18,21,27H,13,15H2,1-4H3,(H,38,39)(H,40,41)/t18-,21+,27-,32+/m0/s1. The molecule has 4 atom stereocenters. The SMILES string of the molecule is COc1cc(C(=O)O)ccc1NC(=O)[C@@H]1C[C@@H](CC(C)(C)C)[C@](C#N)(c2ccc(Cl)cc2F)[C@H]1c1cccc(Cl)c1F. The van der Waals surface area contributed by atoms with Gasteiger partial charge in [0.25, 0.3) is 0 Å². The van der Waals surface area contributed by atoms with Crippen molar-refractivity contribution in [3.05, 3.63) is 93.0 Å². The fourth-order valence-corrected chi connectivity index (χ4v) is 6.59. The molecule has 0 bridgehead atoms. The highest BCUT2D eigenvalue weighted by atomic mass is 35.5. The van der Waals surface area contributed by atoms with E-state index in [0.29, 0.717) is 6.42 Å². The minimum absolute atomic E-state index is 0.0168. The van der Waals surface area contributed by atoms with Crippen molar-refractivity contribution in [3.63, 3.8) is 0 Å². The molecule has 1 saturated carbocycles. The number of halogens is 4. The van der Waals surface area contributed by atoms with E-state index in [0.717, 1.165) is 6.07 Å². The predicted molar refractivity (Wildman–Crippen MR) is 157 cm³/mol. The first kappa shape index (κ1) is 31.3. The van der Waals surface area contributed by atoms with Gasteiger partial charge in [0.2, 0.25) is 5.91 Å². The summed E-state index contributed by atoms with van der Waals surface area (Å²) in [6, 6.07) is 14.7. The lowest BCUT2D eigenvalue weighted by Gasteiger charge is -2.38. The van der Waals surface area contributed by atoms with E-state index in [2.05, 4.69) is 11.4 Å². The number of carbonyl (C=O) groups excluding carboxylic acids is 1. The largest absolute Gasteiger partial charge is 0.495 e. The van der Waals surface area contributed by atoms with Gasteiger partial charge in [0.15, 0.2) is 0 Å². The number of carboxylic acid groups (broad SMARTS) is 1. The zero-order valence-electron chi connectivity index (χ0n) is 23.5. The second-order valence-corrected chi connectivity index (χ2v) is 12.6. The molecule has 0 saturated heterocycles. The maximum Gasteiger partial charge on any atom is 0.335 e. The number of ether oxygens (including phenoxy) is 1. The van der Waals surface area contributed by atoms with Crippen LogP contribution in [0.5, 0.6) is 5.75 Å². The number of rotatable bonds is 7. The van der Waals surface area contributed by atoms with E-state index in [9.17, 15) is 20.0 Å². The van der Waals surface area contributed by atoms with Crippen LogP contribution in [0.1, 0.15) is 61.0 Å². The average Bonchev–Trinajstić information content (AvgIpc) is 3.23. The molecule has 0 aromatic heterocycles. The van der Waals surface area contributed by atoms with Crippen LogP contribution in [-0.4, -0.2) is 24.1 Å². The molecule has 0 unspecified atom stereocenters. The van der Waals surface area contributed by atoms with Crippen LogP contribution in [0.25, 0.3) is 0 Å². The Hall–Kier alpha value is -3.67. The van der Waals surface area contributed by atoms with Crippen molar-refractivity contribution in [2.24, 2.45) is 17.3 Å². The Morgan fingerprint density at radius 1 is 1.14 bits per heavy atom. The van der Waals surface area contributed by atoms with Crippen LogP contribution in [-0.2, 0) is 10.2 Å². The molecule has 0 aliphatic heterocycles. The van der Waals surface area contributed by atoms with Crippen LogP contribution in [0.3, 0.4) is 0 Å². The molecule has 220 valence electrons. The fourth-order valence-electron chi connectivity index (χ4n) is 6.25. The molecule has 3 aromatic rings. The molecule has 0 radical (unpaired) electrons. The van der Waals surface area contributed by atoms with Gasteiger partial charge in [-0.1, -0.05) is 62.2 Å². The molecule has 1 aliphatic rings. The molecule has 6 nitrogen and oxygen atoms in total. The second-order valence-electron chi connectivity index (χ2n) is 11.7. The van der Waals surface area contributed by atoms with Gasteiger partial charge < -0.3 is 15.2 Å². The van der Waals surface area contributed by atoms with Crippen molar-refractivity contribution >= 4 is 40.8 Å². The number of benzene rings is 3. The van der Waals surface area contributed by atoms with E-state index in [4.69, 9.17) is 27.9 Å². The van der Waals surface area contributed by atoms with Crippen molar-refractivity contribution in [2.45, 2.75) is 44.9 Å². The summed E-state index contributed by atoms with van der Waals surface area (Å²) in [4.78, 5) is 25.6. The lowest BCUT2D eigenvalue weighted by molar-refractivity contribution is -0.120. The molecule has 2 N–H and O–H groups in total. The Bertz CT molecular complexity index is 1580. The third-order valence-electron chi connectivity index (χ3n) is 7.86. The lowest BCUT2D eigenvalue weighted by atomic mass is 9.62. The summed E-state index contributed by atoms with van der Waals surface area (Å²) in [7, 11) is 1.33. The first-order valence-electron chi connectivity index (χ1n) is 13.3. The van der Waals surface area contributed by atoms with Crippen LogP contribution in [0.15, 0.2) is 54.6 Å². The van der Waals surface area contributed by atoms with E-state index in [1.165, 1.54) is 55.6 Å². The quantitative estimate of drug-likeness (QED) is 0.279. The molecule has 4 rings (SSSR count). The van der Waals surface area contributed by atoms with Crippen molar-refractivity contribution in [1.29, 1.82) is 5.26 Å². The van der Waals surface area contributed by atoms with Crippen LogP contribution in [0.2, 0.25) is 10.0 Å². The summed E-state index contributed by atoms with van der Waals surface area (Å²) in [5, 5.41) is 23.0. The van der Waals surface area contributed by atoms with Crippen LogP contribution in [0, 0.1) is 40.2 Å². The Labute approximate surface area is 253 Å². The van der Waals surface area contributed by atoms with Crippen molar-refractivity contribution in [2.75, 3.05) is 12.4 Å². The van der Waals surface area contributed by atoms with Crippen LogP contribution >= 0.6 is 23.2 Å². The third kappa shape index (κ3) is 5.81. The Morgan fingerprint density at radius 3 is 2.45 bits per heavy atom. The molecule has 10 heteroatoms. The highest BCUT2D eigenvalue weighted by Crippen LogP contribution is 2.61. The van der Waals surface area contributed by atoms with Crippen molar-refractivity contribution in [3.8, 4) is 11.8 Å². The maximum absolute atomic E-state index is 15.8. The molecular weight excluding hydrogens is 585 g/mol. The topological polar surface area (TPSA) is 99.4 Å². The molecule has 3 aromatic carbocycles. The first-order valence-corrected chi connectivity index (χ1v) is 14.0. The summed E-state index contributed by atoms with van der Waals surface area (Å²) in [6.45, 7) is 5.93. The minimum atomic E-state index is -1.67. The summed E-state index contributed by atoms with van der Waals surface area (Å²) in [6.07, 6.45) is 0.548. The van der Waals surface area contributed by atoms with Gasteiger partial charge in [-0.25, -0.2) is 13.6 Å². The number of nitrogens with zero attached hydrogens (tertiary/aromatic N) is 1. The second kappa shape index (κ2) is 11.9. The van der Waals surface area contributed by atoms with Gasteiger partial charge in [-0.3, -0.25) is 4.79 Å². The Kier molecular flexibility index (Phi) is 8.86. The number of aromatic carboxylic acids is 1. The van der Waals surface area contributed by atoms with Crippen LogP contribution < -0.4 is 10.1 Å². The molecule has 1 aliphatic carbocycles. The molecule has 42 heavy (non-hydrogen) atoms. The molecule has 0 spiro atoms. The molecule has 0 heterocycles. The van der Waals surface area contributed by atoms with Gasteiger partial charge in [-0.05, 0) is 66.1 Å². The fraction of sp³-hybridized carbons (Fsp3) is 0.344. The van der Waals surface area contributed by atoms with Gasteiger partial charge >= 0.3 is 5.97 Å². The highest BCUT2D eigenvalue weighted by Gasteiger charge is 2.61. The molecule has 1 amide bonds. The number of amides is 1. The number of nitrogens with one attached hydrogen (secondary N) is 1. The predicted octanol–water partition coefficient (Wildman–Crippen LogP) is 8.23. The van der Waals surface area contributed by atoms with E-state index >= 15 is 8.78 Å². The number of carbonyl (C=O) groups is 2. The number of hydrogen-bond donors (Lipinski definition) is 2. The zero-order chi connectivity index (χ0) is 31.0. The average molecular weight is 616 g/mol. The lowest BCUT2D eigenvalue weighted by Crippen LogP contribution is -2.39. The number of hydrogen-bond acceptors (Lipinski definition) is 4. The van der Waals surface area contributed by atoms with Crippen molar-refractivity contribution in [1.82, 2.24) is 0 Å². The number of carboxylic acids is 1. The summed E-state index contributed by atoms with van der Waals surface area (Å²) in [5.41, 5.74) is -1.83. The minimum Gasteiger partial charge on any atom is -0.495 e. The molecular formula is C32H30Cl2F2N2O4.